The molecule has 0 saturated carbocycles. The van der Waals surface area contributed by atoms with Crippen LogP contribution in [0.1, 0.15) is 19.8 Å². The Balaban J connectivity index is 2.02. The van der Waals surface area contributed by atoms with Crippen LogP contribution >= 0.6 is 23.2 Å². The number of nitrogens with one attached hydrogen (secondary N) is 1. The molecule has 2 N–H and O–H groups in total. The van der Waals surface area contributed by atoms with Crippen LogP contribution in [0, 0.1) is 5.41 Å². The topological polar surface area (TPSA) is 69.6 Å². The fourth-order valence-corrected chi connectivity index (χ4v) is 2.71. The van der Waals surface area contributed by atoms with Crippen molar-refractivity contribution in [2.75, 3.05) is 18.4 Å². The van der Waals surface area contributed by atoms with E-state index in [1.54, 1.807) is 30.0 Å². The van der Waals surface area contributed by atoms with Crippen LogP contribution in [0.2, 0.25) is 10.0 Å². The van der Waals surface area contributed by atoms with Crippen LogP contribution in [0.5, 0.6) is 0 Å². The predicted octanol–water partition coefficient (Wildman–Crippen LogP) is 3.71. The molecule has 2 rings (SSSR count). The quantitative estimate of drug-likeness (QED) is 0.868. The standard InChI is InChI=1S/C14H16Cl2N2O3/c1-14(12(19)20)5-7-18(8-6-14)13(21)17-11-9(15)3-2-4-10(11)16/h2-4H,5-8H2,1H3,(H,17,21)(H,19,20). The number of halogens is 2. The van der Waals surface area contributed by atoms with Crippen LogP contribution in [-0.2, 0) is 4.79 Å². The zero-order valence-corrected chi connectivity index (χ0v) is 13.0. The molecule has 0 aliphatic carbocycles. The summed E-state index contributed by atoms with van der Waals surface area (Å²) in [7, 11) is 0. The van der Waals surface area contributed by atoms with Gasteiger partial charge in [-0.3, -0.25) is 4.79 Å². The Labute approximate surface area is 132 Å². The number of aliphatic carboxylic acids is 1. The van der Waals surface area contributed by atoms with Crippen molar-refractivity contribution >= 4 is 40.9 Å². The number of hydrogen-bond donors (Lipinski definition) is 2. The highest BCUT2D eigenvalue weighted by Gasteiger charge is 2.38. The molecule has 0 radical (unpaired) electrons. The fraction of sp³-hybridized carbons (Fsp3) is 0.429. The number of urea groups is 1. The van der Waals surface area contributed by atoms with Gasteiger partial charge >= 0.3 is 12.0 Å². The molecule has 1 aromatic carbocycles. The number of rotatable bonds is 2. The third-order valence-corrected chi connectivity index (χ3v) is 4.50. The zero-order chi connectivity index (χ0) is 15.6. The summed E-state index contributed by atoms with van der Waals surface area (Å²) in [5.41, 5.74) is -0.392. The van der Waals surface area contributed by atoms with E-state index >= 15 is 0 Å². The van der Waals surface area contributed by atoms with Crippen LogP contribution in [0.25, 0.3) is 0 Å². The molecule has 21 heavy (non-hydrogen) atoms. The highest BCUT2D eigenvalue weighted by Crippen LogP contribution is 2.33. The molecule has 7 heteroatoms. The van der Waals surface area contributed by atoms with E-state index < -0.39 is 11.4 Å². The van der Waals surface area contributed by atoms with Gasteiger partial charge in [-0.05, 0) is 31.9 Å². The van der Waals surface area contributed by atoms with Crippen molar-refractivity contribution in [2.24, 2.45) is 5.41 Å². The van der Waals surface area contributed by atoms with Crippen molar-refractivity contribution in [3.8, 4) is 0 Å². The maximum absolute atomic E-state index is 12.2. The van der Waals surface area contributed by atoms with Gasteiger partial charge in [0.15, 0.2) is 0 Å². The van der Waals surface area contributed by atoms with Crippen molar-refractivity contribution in [3.05, 3.63) is 28.2 Å². The molecule has 1 aliphatic heterocycles. The molecule has 114 valence electrons. The van der Waals surface area contributed by atoms with Crippen molar-refractivity contribution in [3.63, 3.8) is 0 Å². The van der Waals surface area contributed by atoms with Gasteiger partial charge < -0.3 is 15.3 Å². The third kappa shape index (κ3) is 3.41. The number of hydrogen-bond acceptors (Lipinski definition) is 2. The monoisotopic (exact) mass is 330 g/mol. The lowest BCUT2D eigenvalue weighted by molar-refractivity contribution is -0.150. The molecule has 0 spiro atoms. The molecule has 0 atom stereocenters. The van der Waals surface area contributed by atoms with Gasteiger partial charge in [0.1, 0.15) is 0 Å². The largest absolute Gasteiger partial charge is 0.481 e. The van der Waals surface area contributed by atoms with E-state index in [1.807, 2.05) is 0 Å². The summed E-state index contributed by atoms with van der Waals surface area (Å²) >= 11 is 12.0. The van der Waals surface area contributed by atoms with Gasteiger partial charge in [0.25, 0.3) is 0 Å². The van der Waals surface area contributed by atoms with Crippen molar-refractivity contribution in [1.29, 1.82) is 0 Å². The first-order chi connectivity index (χ1) is 9.83. The number of carbonyl (C=O) groups is 2. The second kappa shape index (κ2) is 6.12. The lowest BCUT2D eigenvalue weighted by atomic mass is 9.80. The molecular formula is C14H16Cl2N2O3. The summed E-state index contributed by atoms with van der Waals surface area (Å²) < 4.78 is 0. The number of anilines is 1. The maximum atomic E-state index is 12.2. The number of likely N-dealkylation sites (tertiary alicyclic amines) is 1. The zero-order valence-electron chi connectivity index (χ0n) is 11.5. The number of benzene rings is 1. The summed E-state index contributed by atoms with van der Waals surface area (Å²) in [5, 5.41) is 12.6. The van der Waals surface area contributed by atoms with Crippen LogP contribution in [-0.4, -0.2) is 35.1 Å². The molecule has 1 aliphatic rings. The van der Waals surface area contributed by atoms with Gasteiger partial charge in [-0.25, -0.2) is 4.79 Å². The maximum Gasteiger partial charge on any atom is 0.321 e. The number of nitrogens with zero attached hydrogens (tertiary/aromatic N) is 1. The number of para-hydroxylation sites is 1. The van der Waals surface area contributed by atoms with E-state index in [9.17, 15) is 14.7 Å². The van der Waals surface area contributed by atoms with E-state index in [1.165, 1.54) is 0 Å². The van der Waals surface area contributed by atoms with E-state index in [0.29, 0.717) is 41.7 Å². The molecule has 0 unspecified atom stereocenters. The van der Waals surface area contributed by atoms with Crippen molar-refractivity contribution in [2.45, 2.75) is 19.8 Å². The minimum atomic E-state index is -0.822. The number of carbonyl (C=O) groups excluding carboxylic acids is 1. The normalized spacial score (nSPS) is 17.4. The highest BCUT2D eigenvalue weighted by molar-refractivity contribution is 6.39. The Kier molecular flexibility index (Phi) is 4.64. The lowest BCUT2D eigenvalue weighted by Crippen LogP contribution is -2.46. The number of carboxylic acids is 1. The van der Waals surface area contributed by atoms with Gasteiger partial charge in [-0.2, -0.15) is 0 Å². The van der Waals surface area contributed by atoms with Crippen LogP contribution in [0.4, 0.5) is 10.5 Å². The molecule has 0 aromatic heterocycles. The van der Waals surface area contributed by atoms with Crippen LogP contribution < -0.4 is 5.32 Å². The van der Waals surface area contributed by atoms with Gasteiger partial charge in [0.05, 0.1) is 21.1 Å². The highest BCUT2D eigenvalue weighted by atomic mass is 35.5. The van der Waals surface area contributed by atoms with E-state index in [2.05, 4.69) is 5.32 Å². The lowest BCUT2D eigenvalue weighted by Gasteiger charge is -2.36. The van der Waals surface area contributed by atoms with Crippen molar-refractivity contribution in [1.82, 2.24) is 4.90 Å². The summed E-state index contributed by atoms with van der Waals surface area (Å²) in [6.07, 6.45) is 0.845. The minimum Gasteiger partial charge on any atom is -0.481 e. The Morgan fingerprint density at radius 1 is 1.24 bits per heavy atom. The minimum absolute atomic E-state index is 0.322. The molecule has 1 heterocycles. The molecule has 1 aromatic rings. The van der Waals surface area contributed by atoms with E-state index in [4.69, 9.17) is 23.2 Å². The summed E-state index contributed by atoms with van der Waals surface area (Å²) in [4.78, 5) is 25.0. The summed E-state index contributed by atoms with van der Waals surface area (Å²) in [5.74, 6) is -0.822. The Bertz CT molecular complexity index is 549. The summed E-state index contributed by atoms with van der Waals surface area (Å²) in [6.45, 7) is 2.48. The van der Waals surface area contributed by atoms with Gasteiger partial charge in [0, 0.05) is 13.1 Å². The van der Waals surface area contributed by atoms with E-state index in [-0.39, 0.29) is 6.03 Å². The third-order valence-electron chi connectivity index (χ3n) is 3.87. The number of piperidine rings is 1. The first-order valence-electron chi connectivity index (χ1n) is 6.57. The van der Waals surface area contributed by atoms with E-state index in [0.717, 1.165) is 0 Å². The Hall–Kier alpha value is -1.46. The average Bonchev–Trinajstić information content (AvgIpc) is 2.43. The molecule has 1 fully saturated rings. The molecule has 1 saturated heterocycles. The van der Waals surface area contributed by atoms with Gasteiger partial charge in [-0.15, -0.1) is 0 Å². The Morgan fingerprint density at radius 2 is 1.76 bits per heavy atom. The van der Waals surface area contributed by atoms with Crippen LogP contribution in [0.3, 0.4) is 0 Å². The fourth-order valence-electron chi connectivity index (χ4n) is 2.22. The first kappa shape index (κ1) is 15.9. The smallest absolute Gasteiger partial charge is 0.321 e. The average molecular weight is 331 g/mol. The molecular weight excluding hydrogens is 315 g/mol. The van der Waals surface area contributed by atoms with Crippen molar-refractivity contribution < 1.29 is 14.7 Å². The molecule has 2 amide bonds. The molecule has 5 nitrogen and oxygen atoms in total. The number of carboxylic acid groups (broad SMARTS) is 1. The summed E-state index contributed by atoms with van der Waals surface area (Å²) in [6, 6.07) is 4.65. The van der Waals surface area contributed by atoms with Gasteiger partial charge in [-0.1, -0.05) is 29.3 Å². The predicted molar refractivity (Wildman–Crippen MR) is 82.0 cm³/mol. The second-order valence-electron chi connectivity index (χ2n) is 5.38. The van der Waals surface area contributed by atoms with Gasteiger partial charge in [0.2, 0.25) is 0 Å². The second-order valence-corrected chi connectivity index (χ2v) is 6.19. The SMILES string of the molecule is CC1(C(=O)O)CCN(C(=O)Nc2c(Cl)cccc2Cl)CC1. The molecule has 0 bridgehead atoms. The van der Waals surface area contributed by atoms with Crippen LogP contribution in [0.15, 0.2) is 18.2 Å². The first-order valence-corrected chi connectivity index (χ1v) is 7.32. The number of amides is 2. The Morgan fingerprint density at radius 3 is 2.24 bits per heavy atom.